The molecular weight excluding hydrogens is 172 g/mol. The van der Waals surface area contributed by atoms with E-state index in [2.05, 4.69) is 0 Å². The van der Waals surface area contributed by atoms with Gasteiger partial charge in [0.15, 0.2) is 9.84 Å². The summed E-state index contributed by atoms with van der Waals surface area (Å²) in [5.74, 6) is 0.139. The first-order valence-corrected chi connectivity index (χ1v) is 5.84. The van der Waals surface area contributed by atoms with Crippen LogP contribution in [0.3, 0.4) is 0 Å². The van der Waals surface area contributed by atoms with Gasteiger partial charge in [-0.05, 0) is 12.0 Å². The Morgan fingerprint density at radius 2 is 2.25 bits per heavy atom. The van der Waals surface area contributed by atoms with E-state index in [-0.39, 0.29) is 5.75 Å². The van der Waals surface area contributed by atoms with Crippen LogP contribution in [0.25, 0.3) is 0 Å². The van der Waals surface area contributed by atoms with Gasteiger partial charge in [-0.1, -0.05) is 30.4 Å². The Balaban J connectivity index is 2.60. The highest BCUT2D eigenvalue weighted by molar-refractivity contribution is 7.90. The monoisotopic (exact) mass is 184 g/mol. The fourth-order valence-electron chi connectivity index (χ4n) is 0.940. The van der Waals surface area contributed by atoms with Gasteiger partial charge in [-0.3, -0.25) is 0 Å². The fraction of sp³-hybridized carbons (Fsp3) is 0.333. The molecule has 0 radical (unpaired) electrons. The molecule has 0 heterocycles. The largest absolute Gasteiger partial charge is 0.229 e. The van der Waals surface area contributed by atoms with Crippen molar-refractivity contribution >= 4 is 9.84 Å². The van der Waals surface area contributed by atoms with Crippen molar-refractivity contribution in [3.05, 3.63) is 36.0 Å². The minimum absolute atomic E-state index is 0.139. The zero-order valence-electron chi connectivity index (χ0n) is 7.03. The molecule has 0 aromatic heterocycles. The lowest BCUT2D eigenvalue weighted by Crippen LogP contribution is -2.00. The summed E-state index contributed by atoms with van der Waals surface area (Å²) < 4.78 is 21.6. The summed E-state index contributed by atoms with van der Waals surface area (Å²) in [7, 11) is -2.86. The van der Waals surface area contributed by atoms with Gasteiger partial charge in [-0.25, -0.2) is 8.42 Å². The van der Waals surface area contributed by atoms with E-state index in [1.165, 1.54) is 6.26 Å². The lowest BCUT2D eigenvalue weighted by Gasteiger charge is -2.00. The topological polar surface area (TPSA) is 34.1 Å². The molecule has 0 saturated heterocycles. The highest BCUT2D eigenvalue weighted by Crippen LogP contribution is 2.09. The SMILES string of the molecule is CS(=O)(=O)CC=C1C=CC=CC1. The van der Waals surface area contributed by atoms with E-state index in [0.717, 1.165) is 12.0 Å². The van der Waals surface area contributed by atoms with E-state index in [9.17, 15) is 8.42 Å². The maximum Gasteiger partial charge on any atom is 0.151 e. The molecule has 0 aromatic carbocycles. The van der Waals surface area contributed by atoms with Gasteiger partial charge in [0.2, 0.25) is 0 Å². The molecular formula is C9H12O2S. The van der Waals surface area contributed by atoms with E-state index < -0.39 is 9.84 Å². The van der Waals surface area contributed by atoms with Crippen LogP contribution >= 0.6 is 0 Å². The second-order valence-corrected chi connectivity index (χ2v) is 5.05. The van der Waals surface area contributed by atoms with Crippen LogP contribution in [0, 0.1) is 0 Å². The molecule has 0 saturated carbocycles. The zero-order chi connectivity index (χ0) is 9.03. The van der Waals surface area contributed by atoms with Gasteiger partial charge in [-0.2, -0.15) is 0 Å². The average Bonchev–Trinajstić information content (AvgIpc) is 2.02. The second kappa shape index (κ2) is 3.72. The van der Waals surface area contributed by atoms with Gasteiger partial charge in [0, 0.05) is 6.26 Å². The third-order valence-corrected chi connectivity index (χ3v) is 2.33. The summed E-state index contributed by atoms with van der Waals surface area (Å²) in [5, 5.41) is 0. The van der Waals surface area contributed by atoms with Gasteiger partial charge < -0.3 is 0 Å². The van der Waals surface area contributed by atoms with Gasteiger partial charge in [-0.15, -0.1) is 0 Å². The van der Waals surface area contributed by atoms with E-state index in [4.69, 9.17) is 0 Å². The van der Waals surface area contributed by atoms with E-state index in [0.29, 0.717) is 0 Å². The Morgan fingerprint density at radius 3 is 2.75 bits per heavy atom. The van der Waals surface area contributed by atoms with Crippen molar-refractivity contribution in [3.63, 3.8) is 0 Å². The minimum atomic E-state index is -2.86. The maximum atomic E-state index is 10.8. The normalized spacial score (nSPS) is 20.2. The summed E-state index contributed by atoms with van der Waals surface area (Å²) in [6.07, 6.45) is 11.7. The Morgan fingerprint density at radius 1 is 1.50 bits per heavy atom. The third kappa shape index (κ3) is 3.53. The second-order valence-electron chi connectivity index (χ2n) is 2.86. The first-order chi connectivity index (χ1) is 5.58. The average molecular weight is 184 g/mol. The molecule has 66 valence electrons. The van der Waals surface area contributed by atoms with Crippen molar-refractivity contribution < 1.29 is 8.42 Å². The minimum Gasteiger partial charge on any atom is -0.229 e. The van der Waals surface area contributed by atoms with Crippen LogP contribution in [-0.2, 0) is 9.84 Å². The highest BCUT2D eigenvalue weighted by Gasteiger charge is 1.99. The number of allylic oxidation sites excluding steroid dienone is 5. The number of rotatable bonds is 2. The molecule has 0 aromatic rings. The van der Waals surface area contributed by atoms with E-state index in [1.807, 2.05) is 24.3 Å². The number of sulfone groups is 1. The summed E-state index contributed by atoms with van der Waals surface area (Å²) in [6, 6.07) is 0. The molecule has 1 aliphatic rings. The summed E-state index contributed by atoms with van der Waals surface area (Å²) in [5.41, 5.74) is 1.07. The Bertz CT molecular complexity index is 332. The summed E-state index contributed by atoms with van der Waals surface area (Å²) in [6.45, 7) is 0. The standard InChI is InChI=1S/C9H12O2S/c1-12(10,11)8-7-9-5-3-2-4-6-9/h2-5,7H,6,8H2,1H3. The van der Waals surface area contributed by atoms with Crippen LogP contribution in [0.1, 0.15) is 6.42 Å². The Hall–Kier alpha value is -0.830. The molecule has 0 aliphatic heterocycles. The molecule has 1 aliphatic carbocycles. The lowest BCUT2D eigenvalue weighted by molar-refractivity contribution is 0.604. The molecule has 3 heteroatoms. The van der Waals surface area contributed by atoms with Crippen molar-refractivity contribution in [1.82, 2.24) is 0 Å². The van der Waals surface area contributed by atoms with Crippen molar-refractivity contribution in [3.8, 4) is 0 Å². The molecule has 0 amide bonds. The quantitative estimate of drug-likeness (QED) is 0.651. The fourth-order valence-corrected chi connectivity index (χ4v) is 1.46. The van der Waals surface area contributed by atoms with Gasteiger partial charge >= 0.3 is 0 Å². The van der Waals surface area contributed by atoms with Crippen molar-refractivity contribution in [2.24, 2.45) is 0 Å². The van der Waals surface area contributed by atoms with Gasteiger partial charge in [0.05, 0.1) is 5.75 Å². The van der Waals surface area contributed by atoms with Crippen LogP contribution < -0.4 is 0 Å². The van der Waals surface area contributed by atoms with Crippen LogP contribution in [0.5, 0.6) is 0 Å². The van der Waals surface area contributed by atoms with Crippen LogP contribution in [0.4, 0.5) is 0 Å². The maximum absolute atomic E-state index is 10.8. The molecule has 12 heavy (non-hydrogen) atoms. The Labute approximate surface area is 73.2 Å². The molecule has 1 rings (SSSR count). The van der Waals surface area contributed by atoms with Crippen molar-refractivity contribution in [2.45, 2.75) is 6.42 Å². The van der Waals surface area contributed by atoms with Crippen LogP contribution in [0.2, 0.25) is 0 Å². The molecule has 0 atom stereocenters. The number of hydrogen-bond donors (Lipinski definition) is 0. The van der Waals surface area contributed by atoms with Gasteiger partial charge in [0.1, 0.15) is 0 Å². The van der Waals surface area contributed by atoms with Crippen LogP contribution in [0.15, 0.2) is 36.0 Å². The predicted molar refractivity (Wildman–Crippen MR) is 50.7 cm³/mol. The number of hydrogen-bond acceptors (Lipinski definition) is 2. The summed E-state index contributed by atoms with van der Waals surface area (Å²) in [4.78, 5) is 0. The third-order valence-electron chi connectivity index (χ3n) is 1.56. The summed E-state index contributed by atoms with van der Waals surface area (Å²) >= 11 is 0. The first-order valence-electron chi connectivity index (χ1n) is 3.78. The first kappa shape index (κ1) is 9.26. The zero-order valence-corrected chi connectivity index (χ0v) is 7.84. The lowest BCUT2D eigenvalue weighted by atomic mass is 10.1. The molecule has 0 N–H and O–H groups in total. The Kier molecular flexibility index (Phi) is 2.87. The molecule has 0 spiro atoms. The molecule has 0 fully saturated rings. The smallest absolute Gasteiger partial charge is 0.151 e. The molecule has 2 nitrogen and oxygen atoms in total. The van der Waals surface area contributed by atoms with E-state index >= 15 is 0 Å². The molecule has 0 unspecified atom stereocenters. The molecule has 0 bridgehead atoms. The van der Waals surface area contributed by atoms with E-state index in [1.54, 1.807) is 6.08 Å². The predicted octanol–water partition coefficient (Wildman–Crippen LogP) is 1.47. The van der Waals surface area contributed by atoms with Crippen molar-refractivity contribution in [2.75, 3.05) is 12.0 Å². The van der Waals surface area contributed by atoms with Crippen molar-refractivity contribution in [1.29, 1.82) is 0 Å². The van der Waals surface area contributed by atoms with Crippen LogP contribution in [-0.4, -0.2) is 20.4 Å². The highest BCUT2D eigenvalue weighted by atomic mass is 32.2. The van der Waals surface area contributed by atoms with Gasteiger partial charge in [0.25, 0.3) is 0 Å².